The topological polar surface area (TPSA) is 43.4 Å². The number of nitrogens with zero attached hydrogens (tertiary/aromatic N) is 1. The molecule has 1 saturated heterocycles. The summed E-state index contributed by atoms with van der Waals surface area (Å²) in [6.45, 7) is 1.66. The minimum atomic E-state index is -0.167. The number of halogens is 1. The lowest BCUT2D eigenvalue weighted by molar-refractivity contribution is -0.0505. The number of ether oxygens (including phenoxy) is 2. The second-order valence-corrected chi connectivity index (χ2v) is 4.36. The van der Waals surface area contributed by atoms with Gasteiger partial charge in [-0.2, -0.15) is 0 Å². The fourth-order valence-electron chi connectivity index (χ4n) is 1.85. The van der Waals surface area contributed by atoms with Crippen LogP contribution in [0, 0.1) is 0 Å². The van der Waals surface area contributed by atoms with Gasteiger partial charge in [-0.1, -0.05) is 11.6 Å². The summed E-state index contributed by atoms with van der Waals surface area (Å²) in [6, 6.07) is 1.77. The van der Waals surface area contributed by atoms with E-state index in [4.69, 9.17) is 21.1 Å². The predicted octanol–water partition coefficient (Wildman–Crippen LogP) is 1.27. The Hall–Kier alpha value is -0.840. The average Bonchev–Trinajstić information content (AvgIpc) is 2.25. The van der Waals surface area contributed by atoms with E-state index in [0.29, 0.717) is 17.3 Å². The summed E-state index contributed by atoms with van der Waals surface area (Å²) in [5.41, 5.74) is 0.745. The van der Waals surface area contributed by atoms with Gasteiger partial charge in [0.15, 0.2) is 0 Å². The van der Waals surface area contributed by atoms with E-state index < -0.39 is 0 Å². The fraction of sp³-hybridized carbons (Fsp3) is 0.545. The van der Waals surface area contributed by atoms with Crippen LogP contribution in [0.4, 0.5) is 0 Å². The summed E-state index contributed by atoms with van der Waals surface area (Å²) in [5, 5.41) is 3.88. The third-order valence-electron chi connectivity index (χ3n) is 2.98. The van der Waals surface area contributed by atoms with Crippen molar-refractivity contribution in [2.45, 2.75) is 12.0 Å². The van der Waals surface area contributed by atoms with Gasteiger partial charge in [-0.3, -0.25) is 0 Å². The van der Waals surface area contributed by atoms with Gasteiger partial charge in [-0.05, 0) is 6.07 Å². The molecule has 2 rings (SSSR count). The summed E-state index contributed by atoms with van der Waals surface area (Å²) in [4.78, 5) is 4.15. The Balaban J connectivity index is 2.26. The summed E-state index contributed by atoms with van der Waals surface area (Å²) in [7, 11) is 3.32. The van der Waals surface area contributed by atoms with Gasteiger partial charge < -0.3 is 14.8 Å². The lowest BCUT2D eigenvalue weighted by Crippen LogP contribution is -2.61. The van der Waals surface area contributed by atoms with Crippen molar-refractivity contribution in [2.75, 3.05) is 27.3 Å². The molecule has 0 spiro atoms. The third kappa shape index (κ3) is 2.00. The molecule has 0 radical (unpaired) electrons. The van der Waals surface area contributed by atoms with Gasteiger partial charge in [0, 0.05) is 38.4 Å². The first-order valence-corrected chi connectivity index (χ1v) is 5.52. The molecule has 4 nitrogen and oxygen atoms in total. The van der Waals surface area contributed by atoms with Crippen molar-refractivity contribution >= 4 is 11.6 Å². The molecule has 1 aliphatic heterocycles. The Bertz CT molecular complexity index is 375. The molecule has 0 aliphatic carbocycles. The molecule has 5 heteroatoms. The lowest BCUT2D eigenvalue weighted by atomic mass is 9.89. The molecule has 88 valence electrons. The maximum atomic E-state index is 6.16. The van der Waals surface area contributed by atoms with Crippen LogP contribution in [0.2, 0.25) is 5.02 Å². The van der Waals surface area contributed by atoms with Crippen molar-refractivity contribution in [2.24, 2.45) is 0 Å². The number of nitrogens with one attached hydrogen (secondary N) is 1. The second kappa shape index (κ2) is 4.57. The van der Waals surface area contributed by atoms with Gasteiger partial charge in [0.1, 0.15) is 0 Å². The van der Waals surface area contributed by atoms with Crippen molar-refractivity contribution in [1.82, 2.24) is 10.3 Å². The highest BCUT2D eigenvalue weighted by molar-refractivity contribution is 6.31. The molecule has 1 aromatic heterocycles. The molecule has 0 aromatic carbocycles. The fourth-order valence-corrected chi connectivity index (χ4v) is 2.06. The molecule has 0 bridgehead atoms. The van der Waals surface area contributed by atoms with E-state index >= 15 is 0 Å². The lowest BCUT2D eigenvalue weighted by Gasteiger charge is -2.41. The van der Waals surface area contributed by atoms with Crippen molar-refractivity contribution in [3.05, 3.63) is 22.8 Å². The van der Waals surface area contributed by atoms with E-state index in [1.807, 2.05) is 0 Å². The van der Waals surface area contributed by atoms with Gasteiger partial charge >= 0.3 is 0 Å². The van der Waals surface area contributed by atoms with Gasteiger partial charge in [0.2, 0.25) is 5.88 Å². The highest BCUT2D eigenvalue weighted by Crippen LogP contribution is 2.30. The molecule has 0 saturated carbocycles. The molecule has 1 N–H and O–H groups in total. The van der Waals surface area contributed by atoms with Crippen molar-refractivity contribution in [3.8, 4) is 5.88 Å². The summed E-state index contributed by atoms with van der Waals surface area (Å²) >= 11 is 6.16. The quantitative estimate of drug-likeness (QED) is 0.864. The zero-order valence-electron chi connectivity index (χ0n) is 9.42. The number of methoxy groups -OCH3 is 2. The molecular formula is C11H15ClN2O2. The molecule has 0 atom stereocenters. The zero-order valence-corrected chi connectivity index (χ0v) is 10.2. The van der Waals surface area contributed by atoms with Gasteiger partial charge in [0.25, 0.3) is 0 Å². The number of aromatic nitrogens is 1. The Labute approximate surface area is 99.9 Å². The molecular weight excluding hydrogens is 228 g/mol. The molecule has 1 aliphatic rings. The Morgan fingerprint density at radius 2 is 2.25 bits per heavy atom. The smallest absolute Gasteiger partial charge is 0.217 e. The van der Waals surface area contributed by atoms with Crippen LogP contribution in [0.25, 0.3) is 0 Å². The van der Waals surface area contributed by atoms with Crippen LogP contribution in [-0.4, -0.2) is 37.9 Å². The monoisotopic (exact) mass is 242 g/mol. The second-order valence-electron chi connectivity index (χ2n) is 3.95. The van der Waals surface area contributed by atoms with E-state index in [1.165, 1.54) is 0 Å². The highest BCUT2D eigenvalue weighted by atomic mass is 35.5. The van der Waals surface area contributed by atoms with Gasteiger partial charge in [-0.15, -0.1) is 0 Å². The van der Waals surface area contributed by atoms with E-state index in [-0.39, 0.29) is 5.60 Å². The maximum absolute atomic E-state index is 6.16. The molecule has 1 aromatic rings. The van der Waals surface area contributed by atoms with Crippen LogP contribution in [0.3, 0.4) is 0 Å². The van der Waals surface area contributed by atoms with Crippen LogP contribution in [-0.2, 0) is 11.2 Å². The molecule has 16 heavy (non-hydrogen) atoms. The van der Waals surface area contributed by atoms with Crippen molar-refractivity contribution in [3.63, 3.8) is 0 Å². The van der Waals surface area contributed by atoms with E-state index in [0.717, 1.165) is 18.7 Å². The maximum Gasteiger partial charge on any atom is 0.217 e. The predicted molar refractivity (Wildman–Crippen MR) is 62.1 cm³/mol. The first-order valence-electron chi connectivity index (χ1n) is 5.14. The van der Waals surface area contributed by atoms with Crippen molar-refractivity contribution in [1.29, 1.82) is 0 Å². The molecule has 1 fully saturated rings. The largest absolute Gasteiger partial charge is 0.481 e. The number of hydrogen-bond donors (Lipinski definition) is 1. The first-order chi connectivity index (χ1) is 7.71. The Morgan fingerprint density at radius 3 is 2.75 bits per heavy atom. The first kappa shape index (κ1) is 11.6. The van der Waals surface area contributed by atoms with Gasteiger partial charge in [-0.25, -0.2) is 4.98 Å². The van der Waals surface area contributed by atoms with Gasteiger partial charge in [0.05, 0.1) is 17.7 Å². The minimum Gasteiger partial charge on any atom is -0.481 e. The van der Waals surface area contributed by atoms with Crippen LogP contribution < -0.4 is 10.1 Å². The highest BCUT2D eigenvalue weighted by Gasteiger charge is 2.38. The zero-order chi connectivity index (χ0) is 11.6. The number of rotatable bonds is 4. The Morgan fingerprint density at radius 1 is 1.50 bits per heavy atom. The third-order valence-corrected chi connectivity index (χ3v) is 3.33. The summed E-state index contributed by atoms with van der Waals surface area (Å²) in [6.07, 6.45) is 2.36. The summed E-state index contributed by atoms with van der Waals surface area (Å²) < 4.78 is 10.7. The average molecular weight is 243 g/mol. The van der Waals surface area contributed by atoms with Crippen LogP contribution in [0.1, 0.15) is 5.56 Å². The van der Waals surface area contributed by atoms with E-state index in [1.54, 1.807) is 26.5 Å². The standard InChI is InChI=1S/C11H15ClN2O2/c1-15-10-8(9(12)3-4-14-10)5-11(16-2)6-13-7-11/h3-4,13H,5-7H2,1-2H3. The number of pyridine rings is 1. The van der Waals surface area contributed by atoms with E-state index in [2.05, 4.69) is 10.3 Å². The molecule has 2 heterocycles. The van der Waals surface area contributed by atoms with Crippen LogP contribution in [0.5, 0.6) is 5.88 Å². The van der Waals surface area contributed by atoms with Crippen molar-refractivity contribution < 1.29 is 9.47 Å². The summed E-state index contributed by atoms with van der Waals surface area (Å²) in [5.74, 6) is 0.579. The number of hydrogen-bond acceptors (Lipinski definition) is 4. The van der Waals surface area contributed by atoms with E-state index in [9.17, 15) is 0 Å². The van der Waals surface area contributed by atoms with Crippen LogP contribution >= 0.6 is 11.6 Å². The molecule has 0 unspecified atom stereocenters. The molecule has 0 amide bonds. The minimum absolute atomic E-state index is 0.167. The van der Waals surface area contributed by atoms with Crippen LogP contribution in [0.15, 0.2) is 12.3 Å². The Kier molecular flexibility index (Phi) is 3.33. The SMILES string of the molecule is COc1nccc(Cl)c1CC1(OC)CNC1. The normalized spacial score (nSPS) is 17.9.